The van der Waals surface area contributed by atoms with Gasteiger partial charge in [0, 0.05) is 19.0 Å². The third kappa shape index (κ3) is 2.04. The smallest absolute Gasteiger partial charge is 0.248 e. The van der Waals surface area contributed by atoms with Crippen LogP contribution in [-0.2, 0) is 5.54 Å². The first-order valence-electron chi connectivity index (χ1n) is 5.21. The number of rotatable bonds is 1. The molecule has 1 saturated carbocycles. The van der Waals surface area contributed by atoms with E-state index in [1.807, 2.05) is 0 Å². The van der Waals surface area contributed by atoms with Crippen LogP contribution in [-0.4, -0.2) is 10.9 Å². The Balaban J connectivity index is 2.25. The van der Waals surface area contributed by atoms with Crippen LogP contribution in [0.3, 0.4) is 0 Å². The molecular weight excluding hydrogens is 217 g/mol. The van der Waals surface area contributed by atoms with Gasteiger partial charge in [-0.15, -0.1) is 0 Å². The zero-order valence-corrected chi connectivity index (χ0v) is 8.72. The summed E-state index contributed by atoms with van der Waals surface area (Å²) in [7, 11) is 0. The first kappa shape index (κ1) is 11.4. The van der Waals surface area contributed by atoms with E-state index in [-0.39, 0.29) is 31.4 Å². The van der Waals surface area contributed by atoms with E-state index in [9.17, 15) is 13.2 Å². The highest BCUT2D eigenvalue weighted by atomic mass is 19.3. The number of aromatic nitrogens is 1. The Morgan fingerprint density at radius 3 is 2.38 bits per heavy atom. The molecular formula is C11H13F3N2. The van der Waals surface area contributed by atoms with Gasteiger partial charge in [-0.05, 0) is 25.0 Å². The molecule has 5 heteroatoms. The van der Waals surface area contributed by atoms with Crippen molar-refractivity contribution in [3.05, 3.63) is 29.8 Å². The van der Waals surface area contributed by atoms with Gasteiger partial charge in [-0.2, -0.15) is 0 Å². The third-order valence-corrected chi connectivity index (χ3v) is 3.10. The normalized spacial score (nSPS) is 23.0. The average Bonchev–Trinajstić information content (AvgIpc) is 2.24. The highest BCUT2D eigenvalue weighted by molar-refractivity contribution is 5.18. The van der Waals surface area contributed by atoms with E-state index in [1.165, 1.54) is 18.3 Å². The van der Waals surface area contributed by atoms with Crippen molar-refractivity contribution < 1.29 is 13.2 Å². The molecule has 0 amide bonds. The summed E-state index contributed by atoms with van der Waals surface area (Å²) in [4.78, 5) is 3.88. The van der Waals surface area contributed by atoms with E-state index < -0.39 is 17.3 Å². The molecule has 1 fully saturated rings. The van der Waals surface area contributed by atoms with E-state index in [4.69, 9.17) is 5.73 Å². The maximum atomic E-state index is 13.5. The molecule has 0 bridgehead atoms. The standard InChI is InChI=1S/C11H13F3N2/c12-8-2-1-7-16-9(8)10(15)3-5-11(13,14)6-4-10/h1-2,7H,3-6,15H2. The zero-order chi connectivity index (χ0) is 11.8. The van der Waals surface area contributed by atoms with Gasteiger partial charge in [0.1, 0.15) is 5.82 Å². The van der Waals surface area contributed by atoms with E-state index in [1.54, 1.807) is 0 Å². The first-order chi connectivity index (χ1) is 7.43. The van der Waals surface area contributed by atoms with Crippen molar-refractivity contribution in [3.63, 3.8) is 0 Å². The molecule has 0 radical (unpaired) electrons. The lowest BCUT2D eigenvalue weighted by molar-refractivity contribution is -0.0523. The van der Waals surface area contributed by atoms with Gasteiger partial charge >= 0.3 is 0 Å². The summed E-state index contributed by atoms with van der Waals surface area (Å²) < 4.78 is 39.5. The maximum Gasteiger partial charge on any atom is 0.248 e. The second-order valence-corrected chi connectivity index (χ2v) is 4.35. The predicted octanol–water partition coefficient (Wildman–Crippen LogP) is 2.58. The van der Waals surface area contributed by atoms with Crippen LogP contribution in [0.2, 0.25) is 0 Å². The van der Waals surface area contributed by atoms with Gasteiger partial charge in [0.2, 0.25) is 5.92 Å². The summed E-state index contributed by atoms with van der Waals surface area (Å²) in [5.41, 5.74) is 5.02. The second kappa shape index (κ2) is 3.73. The van der Waals surface area contributed by atoms with Crippen LogP contribution < -0.4 is 5.73 Å². The van der Waals surface area contributed by atoms with Gasteiger partial charge in [0.25, 0.3) is 0 Å². The molecule has 16 heavy (non-hydrogen) atoms. The monoisotopic (exact) mass is 230 g/mol. The van der Waals surface area contributed by atoms with Crippen LogP contribution in [0.1, 0.15) is 31.4 Å². The molecule has 2 N–H and O–H groups in total. The maximum absolute atomic E-state index is 13.5. The molecule has 1 aliphatic carbocycles. The number of halogens is 3. The van der Waals surface area contributed by atoms with Crippen LogP contribution in [0, 0.1) is 5.82 Å². The molecule has 88 valence electrons. The van der Waals surface area contributed by atoms with Crippen molar-refractivity contribution in [1.82, 2.24) is 4.98 Å². The number of alkyl halides is 2. The number of nitrogens with two attached hydrogens (primary N) is 1. The largest absolute Gasteiger partial charge is 0.320 e. The van der Waals surface area contributed by atoms with Crippen LogP contribution in [0.5, 0.6) is 0 Å². The molecule has 0 aromatic carbocycles. The van der Waals surface area contributed by atoms with Crippen molar-refractivity contribution in [2.75, 3.05) is 0 Å². The summed E-state index contributed by atoms with van der Waals surface area (Å²) in [6.45, 7) is 0. The second-order valence-electron chi connectivity index (χ2n) is 4.35. The van der Waals surface area contributed by atoms with Crippen LogP contribution >= 0.6 is 0 Å². The zero-order valence-electron chi connectivity index (χ0n) is 8.72. The van der Waals surface area contributed by atoms with Gasteiger partial charge in [-0.3, -0.25) is 4.98 Å². The summed E-state index contributed by atoms with van der Waals surface area (Å²) in [6, 6.07) is 2.71. The quantitative estimate of drug-likeness (QED) is 0.805. The number of nitrogens with zero attached hydrogens (tertiary/aromatic N) is 1. The van der Waals surface area contributed by atoms with Crippen LogP contribution in [0.4, 0.5) is 13.2 Å². The van der Waals surface area contributed by atoms with Crippen molar-refractivity contribution in [2.24, 2.45) is 5.73 Å². The fourth-order valence-electron chi connectivity index (χ4n) is 2.05. The lowest BCUT2D eigenvalue weighted by Crippen LogP contribution is -2.44. The lowest BCUT2D eigenvalue weighted by Gasteiger charge is -2.36. The van der Waals surface area contributed by atoms with Crippen LogP contribution in [0.25, 0.3) is 0 Å². The van der Waals surface area contributed by atoms with E-state index >= 15 is 0 Å². The molecule has 2 rings (SSSR count). The summed E-state index contributed by atoms with van der Waals surface area (Å²) in [5.74, 6) is -3.19. The van der Waals surface area contributed by atoms with Gasteiger partial charge in [0.15, 0.2) is 0 Å². The fourth-order valence-corrected chi connectivity index (χ4v) is 2.05. The fraction of sp³-hybridized carbons (Fsp3) is 0.545. The Morgan fingerprint density at radius 1 is 1.19 bits per heavy atom. The molecule has 0 unspecified atom stereocenters. The van der Waals surface area contributed by atoms with Crippen molar-refractivity contribution >= 4 is 0 Å². The van der Waals surface area contributed by atoms with Gasteiger partial charge < -0.3 is 5.73 Å². The number of hydrogen-bond acceptors (Lipinski definition) is 2. The molecule has 1 aliphatic rings. The average molecular weight is 230 g/mol. The Kier molecular flexibility index (Phi) is 2.66. The molecule has 1 heterocycles. The van der Waals surface area contributed by atoms with Gasteiger partial charge in [-0.25, -0.2) is 13.2 Å². The highest BCUT2D eigenvalue weighted by Gasteiger charge is 2.43. The lowest BCUT2D eigenvalue weighted by atomic mass is 9.78. The van der Waals surface area contributed by atoms with Crippen molar-refractivity contribution in [2.45, 2.75) is 37.1 Å². The number of pyridine rings is 1. The van der Waals surface area contributed by atoms with E-state index in [0.29, 0.717) is 0 Å². The Hall–Kier alpha value is -1.10. The summed E-state index contributed by atoms with van der Waals surface area (Å²) >= 11 is 0. The van der Waals surface area contributed by atoms with Gasteiger partial charge in [-0.1, -0.05) is 0 Å². The molecule has 0 spiro atoms. The first-order valence-corrected chi connectivity index (χ1v) is 5.21. The number of hydrogen-bond donors (Lipinski definition) is 1. The topological polar surface area (TPSA) is 38.9 Å². The third-order valence-electron chi connectivity index (χ3n) is 3.10. The molecule has 1 aromatic heterocycles. The minimum absolute atomic E-state index is 0.0634. The molecule has 0 atom stereocenters. The van der Waals surface area contributed by atoms with Gasteiger partial charge in [0.05, 0.1) is 11.2 Å². The summed E-state index contributed by atoms with van der Waals surface area (Å²) in [6.07, 6.45) is 0.945. The van der Waals surface area contributed by atoms with Crippen LogP contribution in [0.15, 0.2) is 18.3 Å². The minimum atomic E-state index is -2.67. The molecule has 0 saturated heterocycles. The van der Waals surface area contributed by atoms with E-state index in [2.05, 4.69) is 4.98 Å². The SMILES string of the molecule is NC1(c2ncccc2F)CCC(F)(F)CC1. The highest BCUT2D eigenvalue weighted by Crippen LogP contribution is 2.42. The Morgan fingerprint density at radius 2 is 1.81 bits per heavy atom. The van der Waals surface area contributed by atoms with E-state index in [0.717, 1.165) is 0 Å². The summed E-state index contributed by atoms with van der Waals surface area (Å²) in [5, 5.41) is 0. The minimum Gasteiger partial charge on any atom is -0.320 e. The molecule has 1 aromatic rings. The Labute approximate surface area is 91.7 Å². The molecule has 0 aliphatic heterocycles. The molecule has 2 nitrogen and oxygen atoms in total. The Bertz CT molecular complexity index is 383. The predicted molar refractivity (Wildman–Crippen MR) is 53.5 cm³/mol. The van der Waals surface area contributed by atoms with Crippen molar-refractivity contribution in [1.29, 1.82) is 0 Å². The van der Waals surface area contributed by atoms with Crippen molar-refractivity contribution in [3.8, 4) is 0 Å².